The molecule has 0 atom stereocenters. The highest BCUT2D eigenvalue weighted by molar-refractivity contribution is 6.36. The maximum atomic E-state index is 8.70. The highest BCUT2D eigenvalue weighted by atomic mass is 35.5. The number of hydrogen-bond acceptors (Lipinski definition) is 4. The number of anilines is 1. The van der Waals surface area contributed by atoms with Gasteiger partial charge in [0.05, 0.1) is 5.02 Å². The number of oxime groups is 1. The predicted molar refractivity (Wildman–Crippen MR) is 74.5 cm³/mol. The van der Waals surface area contributed by atoms with Crippen LogP contribution in [-0.2, 0) is 0 Å². The Morgan fingerprint density at radius 1 is 1.56 bits per heavy atom. The largest absolute Gasteiger partial charge is 0.409 e. The van der Waals surface area contributed by atoms with E-state index in [9.17, 15) is 0 Å². The molecule has 0 spiro atoms. The highest BCUT2D eigenvalue weighted by Crippen LogP contribution is 2.28. The first kappa shape index (κ1) is 14.6. The van der Waals surface area contributed by atoms with Gasteiger partial charge in [-0.15, -0.1) is 0 Å². The minimum atomic E-state index is -0.0205. The van der Waals surface area contributed by atoms with Gasteiger partial charge >= 0.3 is 0 Å². The molecule has 0 fully saturated rings. The van der Waals surface area contributed by atoms with Gasteiger partial charge in [-0.2, -0.15) is 0 Å². The van der Waals surface area contributed by atoms with E-state index in [2.05, 4.69) is 30.9 Å². The molecule has 1 aromatic heterocycles. The second-order valence-corrected chi connectivity index (χ2v) is 5.78. The zero-order chi connectivity index (χ0) is 13.9. The van der Waals surface area contributed by atoms with E-state index in [1.54, 1.807) is 12.3 Å². The normalized spacial score (nSPS) is 12.6. The van der Waals surface area contributed by atoms with Gasteiger partial charge in [-0.25, -0.2) is 4.98 Å². The molecule has 0 radical (unpaired) electrons. The molecule has 5 nitrogen and oxygen atoms in total. The van der Waals surface area contributed by atoms with Crippen molar-refractivity contribution in [2.24, 2.45) is 16.3 Å². The van der Waals surface area contributed by atoms with Crippen LogP contribution in [0.15, 0.2) is 17.4 Å². The molecule has 0 aliphatic carbocycles. The number of rotatable bonds is 3. The van der Waals surface area contributed by atoms with Crippen molar-refractivity contribution in [2.45, 2.75) is 20.8 Å². The maximum Gasteiger partial charge on any atom is 0.171 e. The van der Waals surface area contributed by atoms with Crippen LogP contribution in [-0.4, -0.2) is 29.6 Å². The number of nitrogens with two attached hydrogens (primary N) is 1. The summed E-state index contributed by atoms with van der Waals surface area (Å²) in [5, 5.41) is 12.0. The molecule has 100 valence electrons. The van der Waals surface area contributed by atoms with Crippen molar-refractivity contribution in [3.8, 4) is 0 Å². The topological polar surface area (TPSA) is 74.7 Å². The summed E-state index contributed by atoms with van der Waals surface area (Å²) in [5.41, 5.74) is 6.15. The summed E-state index contributed by atoms with van der Waals surface area (Å²) in [5.74, 6) is 0.600. The lowest BCUT2D eigenvalue weighted by Crippen LogP contribution is -2.30. The first-order valence-corrected chi connectivity index (χ1v) is 5.97. The van der Waals surface area contributed by atoms with Crippen LogP contribution in [0.2, 0.25) is 5.02 Å². The van der Waals surface area contributed by atoms with Gasteiger partial charge in [0.2, 0.25) is 0 Å². The van der Waals surface area contributed by atoms with E-state index in [4.69, 9.17) is 22.5 Å². The molecular formula is C12H19ClN4O. The number of halogens is 1. The summed E-state index contributed by atoms with van der Waals surface area (Å²) in [6, 6.07) is 1.62. The first-order chi connectivity index (χ1) is 8.26. The summed E-state index contributed by atoms with van der Waals surface area (Å²) in [6.07, 6.45) is 1.59. The lowest BCUT2D eigenvalue weighted by Gasteiger charge is -2.28. The van der Waals surface area contributed by atoms with E-state index in [1.165, 1.54) is 0 Å². The molecular weight excluding hydrogens is 252 g/mol. The fourth-order valence-corrected chi connectivity index (χ4v) is 2.09. The monoisotopic (exact) mass is 270 g/mol. The van der Waals surface area contributed by atoms with Crippen molar-refractivity contribution in [2.75, 3.05) is 18.5 Å². The smallest absolute Gasteiger partial charge is 0.171 e. The predicted octanol–water partition coefficient (Wildman–Crippen LogP) is 2.31. The van der Waals surface area contributed by atoms with E-state index in [-0.39, 0.29) is 11.3 Å². The summed E-state index contributed by atoms with van der Waals surface area (Å²) in [6.45, 7) is 7.18. The lowest BCUT2D eigenvalue weighted by molar-refractivity contribution is 0.318. The van der Waals surface area contributed by atoms with Gasteiger partial charge in [-0.1, -0.05) is 37.5 Å². The van der Waals surface area contributed by atoms with Crippen molar-refractivity contribution in [1.82, 2.24) is 4.98 Å². The van der Waals surface area contributed by atoms with Crippen LogP contribution in [0.4, 0.5) is 5.82 Å². The zero-order valence-corrected chi connectivity index (χ0v) is 11.9. The molecule has 0 amide bonds. The van der Waals surface area contributed by atoms with Gasteiger partial charge in [-0.3, -0.25) is 0 Å². The van der Waals surface area contributed by atoms with Crippen molar-refractivity contribution < 1.29 is 5.21 Å². The summed E-state index contributed by atoms with van der Waals surface area (Å²) in [7, 11) is 1.91. The van der Waals surface area contributed by atoms with Gasteiger partial charge in [0.25, 0.3) is 0 Å². The Kier molecular flexibility index (Phi) is 4.40. The lowest BCUT2D eigenvalue weighted by atomic mass is 9.96. The Hall–Kier alpha value is -1.49. The first-order valence-electron chi connectivity index (χ1n) is 5.60. The summed E-state index contributed by atoms with van der Waals surface area (Å²) in [4.78, 5) is 6.20. The zero-order valence-electron chi connectivity index (χ0n) is 11.1. The molecule has 0 saturated carbocycles. The maximum absolute atomic E-state index is 8.70. The van der Waals surface area contributed by atoms with E-state index in [0.29, 0.717) is 16.4 Å². The quantitative estimate of drug-likeness (QED) is 0.383. The minimum Gasteiger partial charge on any atom is -0.409 e. The van der Waals surface area contributed by atoms with Gasteiger partial charge in [0.1, 0.15) is 5.82 Å². The SMILES string of the molecule is CN(CC(C)(C)C)c1nccc(/C(N)=N/O)c1Cl. The van der Waals surface area contributed by atoms with Crippen LogP contribution in [0.5, 0.6) is 0 Å². The number of aromatic nitrogens is 1. The fourth-order valence-electron chi connectivity index (χ4n) is 1.74. The number of nitrogens with zero attached hydrogens (tertiary/aromatic N) is 3. The Bertz CT molecular complexity index is 454. The molecule has 0 saturated heterocycles. The van der Waals surface area contributed by atoms with Crippen LogP contribution in [0.1, 0.15) is 26.3 Å². The third-order valence-electron chi connectivity index (χ3n) is 2.33. The van der Waals surface area contributed by atoms with Gasteiger partial charge in [0, 0.05) is 25.4 Å². The second kappa shape index (κ2) is 5.44. The molecule has 1 heterocycles. The molecule has 0 bridgehead atoms. The van der Waals surface area contributed by atoms with Crippen LogP contribution >= 0.6 is 11.6 Å². The van der Waals surface area contributed by atoms with E-state index < -0.39 is 0 Å². The van der Waals surface area contributed by atoms with Crippen molar-refractivity contribution >= 4 is 23.3 Å². The van der Waals surface area contributed by atoms with Gasteiger partial charge in [0.15, 0.2) is 5.84 Å². The Balaban J connectivity index is 3.11. The van der Waals surface area contributed by atoms with Crippen molar-refractivity contribution in [1.29, 1.82) is 0 Å². The number of pyridine rings is 1. The van der Waals surface area contributed by atoms with Crippen LogP contribution in [0, 0.1) is 5.41 Å². The van der Waals surface area contributed by atoms with Crippen LogP contribution in [0.3, 0.4) is 0 Å². The Morgan fingerprint density at radius 3 is 2.67 bits per heavy atom. The minimum absolute atomic E-state index is 0.0205. The molecule has 1 aromatic rings. The molecule has 6 heteroatoms. The average molecular weight is 271 g/mol. The Labute approximate surface area is 112 Å². The fraction of sp³-hybridized carbons (Fsp3) is 0.500. The summed E-state index contributed by atoms with van der Waals surface area (Å²) < 4.78 is 0. The number of hydrogen-bond donors (Lipinski definition) is 2. The van der Waals surface area contributed by atoms with E-state index in [0.717, 1.165) is 6.54 Å². The second-order valence-electron chi connectivity index (χ2n) is 5.40. The average Bonchev–Trinajstić information content (AvgIpc) is 2.26. The van der Waals surface area contributed by atoms with Gasteiger partial charge < -0.3 is 15.8 Å². The molecule has 18 heavy (non-hydrogen) atoms. The third-order valence-corrected chi connectivity index (χ3v) is 2.70. The molecule has 3 N–H and O–H groups in total. The summed E-state index contributed by atoms with van der Waals surface area (Å²) >= 11 is 6.23. The Morgan fingerprint density at radius 2 is 2.17 bits per heavy atom. The molecule has 0 aromatic carbocycles. The molecule has 0 aliphatic heterocycles. The molecule has 0 aliphatic rings. The molecule has 0 unspecified atom stereocenters. The van der Waals surface area contributed by atoms with Crippen molar-refractivity contribution in [3.63, 3.8) is 0 Å². The molecule has 1 rings (SSSR count). The highest BCUT2D eigenvalue weighted by Gasteiger charge is 2.19. The number of amidine groups is 1. The van der Waals surface area contributed by atoms with Crippen LogP contribution in [0.25, 0.3) is 0 Å². The van der Waals surface area contributed by atoms with Gasteiger partial charge in [-0.05, 0) is 11.5 Å². The standard InChI is InChI=1S/C12H19ClN4O/c1-12(2,3)7-17(4)11-9(13)8(5-6-15-11)10(14)16-18/h5-6,18H,7H2,1-4H3,(H2,14,16). The van der Waals surface area contributed by atoms with E-state index in [1.807, 2.05) is 11.9 Å². The van der Waals surface area contributed by atoms with Crippen molar-refractivity contribution in [3.05, 3.63) is 22.8 Å². The van der Waals surface area contributed by atoms with Crippen LogP contribution < -0.4 is 10.6 Å². The van der Waals surface area contributed by atoms with E-state index >= 15 is 0 Å². The third kappa shape index (κ3) is 3.50.